The molecule has 0 aromatic heterocycles. The molecule has 2 atom stereocenters. The summed E-state index contributed by atoms with van der Waals surface area (Å²) in [6, 6.07) is 0. The Labute approximate surface area is 469 Å². The highest BCUT2D eigenvalue weighted by Gasteiger charge is 2.26. The van der Waals surface area contributed by atoms with Crippen LogP contribution in [0.2, 0.25) is 0 Å². The minimum absolute atomic E-state index is 0.0352. The van der Waals surface area contributed by atoms with Crippen molar-refractivity contribution in [2.75, 3.05) is 26.4 Å². The fourth-order valence-electron chi connectivity index (χ4n) is 7.04. The molecule has 3 N–H and O–H groups in total. The number of phosphoric acid groups is 1. The van der Waals surface area contributed by atoms with Crippen molar-refractivity contribution in [3.8, 4) is 0 Å². The van der Waals surface area contributed by atoms with Crippen LogP contribution in [-0.2, 0) is 32.7 Å². The van der Waals surface area contributed by atoms with Gasteiger partial charge in [0.2, 0.25) is 0 Å². The third-order valence-corrected chi connectivity index (χ3v) is 12.3. The van der Waals surface area contributed by atoms with Crippen LogP contribution in [-0.4, -0.2) is 49.3 Å². The van der Waals surface area contributed by atoms with E-state index in [1.54, 1.807) is 0 Å². The predicted molar refractivity (Wildman–Crippen MR) is 329 cm³/mol. The van der Waals surface area contributed by atoms with Crippen LogP contribution >= 0.6 is 7.82 Å². The molecule has 2 unspecified atom stereocenters. The van der Waals surface area contributed by atoms with Crippen LogP contribution in [0, 0.1) is 0 Å². The lowest BCUT2D eigenvalue weighted by Gasteiger charge is -2.19. The smallest absolute Gasteiger partial charge is 0.462 e. The lowest BCUT2D eigenvalue weighted by atomic mass is 10.1. The normalized spacial score (nSPS) is 14.4. The van der Waals surface area contributed by atoms with Gasteiger partial charge in [-0.3, -0.25) is 18.6 Å². The van der Waals surface area contributed by atoms with Gasteiger partial charge in [0.25, 0.3) is 0 Å². The molecule has 0 saturated heterocycles. The first-order valence-electron chi connectivity index (χ1n) is 29.3. The first kappa shape index (κ1) is 72.1. The number of rotatable bonds is 52. The van der Waals surface area contributed by atoms with E-state index in [4.69, 9.17) is 24.3 Å². The number of phosphoric ester groups is 1. The minimum Gasteiger partial charge on any atom is -0.462 e. The minimum atomic E-state index is -4.41. The highest BCUT2D eigenvalue weighted by molar-refractivity contribution is 7.47. The fraction of sp³-hybridized carbons (Fsp3) is 0.522. The number of ether oxygens (including phenoxy) is 2. The summed E-state index contributed by atoms with van der Waals surface area (Å²) in [5, 5.41) is 0. The van der Waals surface area contributed by atoms with E-state index in [-0.39, 0.29) is 32.6 Å². The molecule has 0 rings (SSSR count). The van der Waals surface area contributed by atoms with Crippen LogP contribution < -0.4 is 5.73 Å². The summed E-state index contributed by atoms with van der Waals surface area (Å²) in [5.74, 6) is -0.900. The van der Waals surface area contributed by atoms with Gasteiger partial charge in [0.1, 0.15) is 6.61 Å². The maximum absolute atomic E-state index is 12.7. The molecule has 77 heavy (non-hydrogen) atoms. The molecular formula is C67H104NO8P. The van der Waals surface area contributed by atoms with Gasteiger partial charge >= 0.3 is 19.8 Å². The third kappa shape index (κ3) is 60.2. The van der Waals surface area contributed by atoms with Crippen LogP contribution in [0.15, 0.2) is 182 Å². The Hall–Kier alpha value is -4.89. The molecule has 0 aliphatic rings. The molecule has 0 aromatic rings. The lowest BCUT2D eigenvalue weighted by molar-refractivity contribution is -0.161. The summed E-state index contributed by atoms with van der Waals surface area (Å²) in [6.45, 7) is 3.42. The molecule has 0 fully saturated rings. The molecule has 0 saturated carbocycles. The molecular weight excluding hydrogens is 978 g/mol. The molecule has 10 heteroatoms. The van der Waals surface area contributed by atoms with Gasteiger partial charge in [0.15, 0.2) is 6.10 Å². The standard InChI is InChI=1S/C67H104NO8P/c1-3-5-7-9-11-13-15-17-19-21-23-24-25-26-27-28-29-30-31-32-33-34-35-36-37-38-39-40-42-44-46-48-50-52-54-56-58-60-67(70)76-65(64-75-77(71,72)74-62-61-68)63-73-66(69)59-57-55-53-51-49-47-45-43-41-22-20-18-16-14-12-10-8-6-4-2/h5-8,11-14,17-20,23-24,26-27,29-30,32-33,35-36,38-39,41-44,47,49,65H,3-4,9-10,15-16,21-22,25,28,31,34,37,40,45-46,48,50-64,68H2,1-2H3,(H,71,72)/b7-5-,8-6-,13-11-,14-12-,19-17-,20-18-,24-23-,27-26-,30-29-,33-32-,36-35-,39-38-,43-41-,44-42-,49-47-. The Morgan fingerprint density at radius 1 is 0.390 bits per heavy atom. The van der Waals surface area contributed by atoms with Crippen LogP contribution in [0.5, 0.6) is 0 Å². The zero-order valence-corrected chi connectivity index (χ0v) is 48.7. The van der Waals surface area contributed by atoms with E-state index in [1.807, 2.05) is 0 Å². The second-order valence-electron chi connectivity index (χ2n) is 18.4. The number of hydrogen-bond acceptors (Lipinski definition) is 8. The highest BCUT2D eigenvalue weighted by Crippen LogP contribution is 2.43. The van der Waals surface area contributed by atoms with Crippen molar-refractivity contribution in [2.45, 2.75) is 200 Å². The number of carbonyl (C=O) groups is 2. The lowest BCUT2D eigenvalue weighted by Crippen LogP contribution is -2.29. The molecule has 0 aliphatic heterocycles. The van der Waals surface area contributed by atoms with Crippen molar-refractivity contribution >= 4 is 19.8 Å². The number of unbranched alkanes of at least 4 members (excludes halogenated alkanes) is 9. The maximum atomic E-state index is 12.7. The van der Waals surface area contributed by atoms with Crippen LogP contribution in [0.3, 0.4) is 0 Å². The molecule has 0 radical (unpaired) electrons. The number of hydrogen-bond donors (Lipinski definition) is 2. The average Bonchev–Trinajstić information content (AvgIpc) is 3.42. The number of esters is 2. The first-order chi connectivity index (χ1) is 37.8. The molecule has 0 bridgehead atoms. The van der Waals surface area contributed by atoms with E-state index in [9.17, 15) is 19.0 Å². The Morgan fingerprint density at radius 2 is 0.675 bits per heavy atom. The second-order valence-corrected chi connectivity index (χ2v) is 19.8. The topological polar surface area (TPSA) is 134 Å². The summed E-state index contributed by atoms with van der Waals surface area (Å²) >= 11 is 0. The average molecular weight is 1080 g/mol. The zero-order chi connectivity index (χ0) is 55.9. The number of nitrogens with two attached hydrogens (primary N) is 1. The Bertz CT molecular complexity index is 1910. The van der Waals surface area contributed by atoms with E-state index in [0.717, 1.165) is 154 Å². The van der Waals surface area contributed by atoms with E-state index < -0.39 is 32.5 Å². The fourth-order valence-corrected chi connectivity index (χ4v) is 7.81. The zero-order valence-electron chi connectivity index (χ0n) is 47.9. The van der Waals surface area contributed by atoms with E-state index in [2.05, 4.69) is 196 Å². The van der Waals surface area contributed by atoms with E-state index in [1.165, 1.54) is 0 Å². The van der Waals surface area contributed by atoms with Gasteiger partial charge in [-0.15, -0.1) is 0 Å². The van der Waals surface area contributed by atoms with Crippen molar-refractivity contribution in [3.05, 3.63) is 182 Å². The van der Waals surface area contributed by atoms with Gasteiger partial charge < -0.3 is 20.1 Å². The third-order valence-electron chi connectivity index (χ3n) is 11.3. The largest absolute Gasteiger partial charge is 0.472 e. The van der Waals surface area contributed by atoms with Crippen LogP contribution in [0.1, 0.15) is 194 Å². The van der Waals surface area contributed by atoms with Gasteiger partial charge in [-0.1, -0.05) is 228 Å². The summed E-state index contributed by atoms with van der Waals surface area (Å²) < 4.78 is 33.0. The number of allylic oxidation sites excluding steroid dienone is 30. The molecule has 0 spiro atoms. The highest BCUT2D eigenvalue weighted by atomic mass is 31.2. The van der Waals surface area contributed by atoms with Crippen molar-refractivity contribution in [1.29, 1.82) is 0 Å². The molecule has 9 nitrogen and oxygen atoms in total. The van der Waals surface area contributed by atoms with Crippen LogP contribution in [0.4, 0.5) is 0 Å². The van der Waals surface area contributed by atoms with Crippen molar-refractivity contribution < 1.29 is 37.6 Å². The SMILES string of the molecule is CC/C=C\C/C=C\C/C=C\C/C=C\C/C=C\C/C=C\C/C=C\C/C=C\C/C=C\C/C=C\CCCCCCCCC(=O)OC(COC(=O)CCCCC/C=C\C/C=C\C/C=C\C/C=C\C/C=C\CC)COP(=O)(O)OCCN. The van der Waals surface area contributed by atoms with Gasteiger partial charge in [-0.25, -0.2) is 4.57 Å². The monoisotopic (exact) mass is 1080 g/mol. The van der Waals surface area contributed by atoms with Gasteiger partial charge in [-0.2, -0.15) is 0 Å². The predicted octanol–water partition coefficient (Wildman–Crippen LogP) is 18.8. The first-order valence-corrected chi connectivity index (χ1v) is 30.8. The Balaban J connectivity index is 4.11. The van der Waals surface area contributed by atoms with Gasteiger partial charge in [-0.05, 0) is 135 Å². The summed E-state index contributed by atoms with van der Waals surface area (Å²) in [7, 11) is -4.41. The Kier molecular flexibility index (Phi) is 56.5. The van der Waals surface area contributed by atoms with Crippen LogP contribution in [0.25, 0.3) is 0 Å². The van der Waals surface area contributed by atoms with Gasteiger partial charge in [0, 0.05) is 19.4 Å². The molecule has 430 valence electrons. The van der Waals surface area contributed by atoms with Gasteiger partial charge in [0.05, 0.1) is 13.2 Å². The number of carbonyl (C=O) groups excluding carboxylic acids is 2. The quantitative estimate of drug-likeness (QED) is 0.0264. The van der Waals surface area contributed by atoms with Crippen molar-refractivity contribution in [1.82, 2.24) is 0 Å². The van der Waals surface area contributed by atoms with E-state index in [0.29, 0.717) is 12.8 Å². The second kappa shape index (κ2) is 60.3. The van der Waals surface area contributed by atoms with E-state index >= 15 is 0 Å². The molecule has 0 aromatic carbocycles. The Morgan fingerprint density at radius 3 is 1.01 bits per heavy atom. The maximum Gasteiger partial charge on any atom is 0.472 e. The summed E-state index contributed by atoms with van der Waals surface area (Å²) in [4.78, 5) is 35.2. The van der Waals surface area contributed by atoms with Crippen molar-refractivity contribution in [2.24, 2.45) is 5.73 Å². The summed E-state index contributed by atoms with van der Waals surface area (Å²) in [5.41, 5.74) is 5.37. The molecule has 0 heterocycles. The summed E-state index contributed by atoms with van der Waals surface area (Å²) in [6.07, 6.45) is 90.9. The molecule has 0 amide bonds. The van der Waals surface area contributed by atoms with Crippen molar-refractivity contribution in [3.63, 3.8) is 0 Å². The molecule has 0 aliphatic carbocycles.